The monoisotopic (exact) mass is 160 g/mol. The van der Waals surface area contributed by atoms with E-state index in [9.17, 15) is 4.39 Å². The molecule has 0 aliphatic heterocycles. The van der Waals surface area contributed by atoms with Gasteiger partial charge in [0.2, 0.25) is 0 Å². The first kappa shape index (κ1) is 7.41. The van der Waals surface area contributed by atoms with Gasteiger partial charge in [-0.25, -0.2) is 14.4 Å². The molecule has 1 aromatic heterocycles. The van der Waals surface area contributed by atoms with Crippen molar-refractivity contribution in [2.45, 2.75) is 12.3 Å². The van der Waals surface area contributed by atoms with Gasteiger partial charge in [-0.2, -0.15) is 0 Å². The van der Waals surface area contributed by atoms with Crippen molar-refractivity contribution in [2.75, 3.05) is 0 Å². The lowest BCUT2D eigenvalue weighted by atomic mass is 10.4. The van der Waals surface area contributed by atoms with Crippen molar-refractivity contribution in [3.8, 4) is 0 Å². The van der Waals surface area contributed by atoms with Crippen molar-refractivity contribution in [1.29, 1.82) is 0 Å². The average Bonchev–Trinajstić information content (AvgIpc) is 1.88. The van der Waals surface area contributed by atoms with Crippen LogP contribution in [0.1, 0.15) is 18.1 Å². The lowest BCUT2D eigenvalue weighted by Crippen LogP contribution is -1.94. The van der Waals surface area contributed by atoms with Crippen LogP contribution in [-0.4, -0.2) is 9.97 Å². The van der Waals surface area contributed by atoms with Gasteiger partial charge in [-0.3, -0.25) is 0 Å². The predicted octanol–water partition coefficient (Wildman–Crippen LogP) is 1.92. The van der Waals surface area contributed by atoms with Crippen LogP contribution in [0, 0.1) is 5.82 Å². The Balaban J connectivity index is 2.89. The van der Waals surface area contributed by atoms with E-state index in [2.05, 4.69) is 9.97 Å². The van der Waals surface area contributed by atoms with Crippen LogP contribution in [0.3, 0.4) is 0 Å². The summed E-state index contributed by atoms with van der Waals surface area (Å²) in [6.45, 7) is 1.73. The summed E-state index contributed by atoms with van der Waals surface area (Å²) in [6.07, 6.45) is 2.20. The van der Waals surface area contributed by atoms with Gasteiger partial charge in [-0.1, -0.05) is 0 Å². The van der Waals surface area contributed by atoms with E-state index in [1.807, 2.05) is 0 Å². The topological polar surface area (TPSA) is 25.8 Å². The van der Waals surface area contributed by atoms with E-state index in [4.69, 9.17) is 11.6 Å². The summed E-state index contributed by atoms with van der Waals surface area (Å²) in [5.41, 5.74) is 0. The van der Waals surface area contributed by atoms with Crippen LogP contribution < -0.4 is 0 Å². The third kappa shape index (κ3) is 1.64. The molecule has 1 rings (SSSR count). The van der Waals surface area contributed by atoms with Crippen LogP contribution in [0.2, 0.25) is 0 Å². The Bertz CT molecular complexity index is 209. The lowest BCUT2D eigenvalue weighted by Gasteiger charge is -1.97. The van der Waals surface area contributed by atoms with Crippen LogP contribution in [0.25, 0.3) is 0 Å². The molecule has 0 fully saturated rings. The highest BCUT2D eigenvalue weighted by molar-refractivity contribution is 6.20. The molecule has 2 nitrogen and oxygen atoms in total. The molecule has 1 unspecified atom stereocenters. The minimum atomic E-state index is -0.443. The molecule has 1 atom stereocenters. The van der Waals surface area contributed by atoms with Crippen molar-refractivity contribution in [2.24, 2.45) is 0 Å². The summed E-state index contributed by atoms with van der Waals surface area (Å²) in [6, 6.07) is 0. The molecule has 1 heterocycles. The molecule has 0 bridgehead atoms. The Morgan fingerprint density at radius 2 is 2.00 bits per heavy atom. The molecule has 0 saturated carbocycles. The molecule has 0 N–H and O–H groups in total. The van der Waals surface area contributed by atoms with Crippen molar-refractivity contribution < 1.29 is 4.39 Å². The predicted molar refractivity (Wildman–Crippen MR) is 36.3 cm³/mol. The fourth-order valence-corrected chi connectivity index (χ4v) is 0.640. The minimum Gasteiger partial charge on any atom is -0.237 e. The number of alkyl halides is 1. The van der Waals surface area contributed by atoms with Crippen LogP contribution >= 0.6 is 11.6 Å². The van der Waals surface area contributed by atoms with Gasteiger partial charge in [0.05, 0.1) is 17.8 Å². The molecule has 0 spiro atoms. The fraction of sp³-hybridized carbons (Fsp3) is 0.333. The molecule has 0 aromatic carbocycles. The molecule has 10 heavy (non-hydrogen) atoms. The Hall–Kier alpha value is -0.700. The van der Waals surface area contributed by atoms with Crippen molar-refractivity contribution in [3.63, 3.8) is 0 Å². The highest BCUT2D eigenvalue weighted by atomic mass is 35.5. The third-order valence-corrected chi connectivity index (χ3v) is 1.19. The van der Waals surface area contributed by atoms with E-state index in [0.29, 0.717) is 5.82 Å². The Labute approximate surface area is 63.1 Å². The largest absolute Gasteiger partial charge is 0.237 e. The maximum atomic E-state index is 12.2. The highest BCUT2D eigenvalue weighted by Crippen LogP contribution is 2.12. The average molecular weight is 161 g/mol. The molecule has 0 amide bonds. The molecular formula is C6H6ClFN2. The number of halogens is 2. The second-order valence-corrected chi connectivity index (χ2v) is 2.53. The first-order valence-corrected chi connectivity index (χ1v) is 3.25. The molecular weight excluding hydrogens is 155 g/mol. The van der Waals surface area contributed by atoms with Crippen LogP contribution in [0.15, 0.2) is 12.4 Å². The molecule has 54 valence electrons. The van der Waals surface area contributed by atoms with Crippen LogP contribution in [0.5, 0.6) is 0 Å². The van der Waals surface area contributed by atoms with E-state index in [1.54, 1.807) is 6.92 Å². The Kier molecular flexibility index (Phi) is 2.17. The van der Waals surface area contributed by atoms with E-state index in [-0.39, 0.29) is 5.38 Å². The van der Waals surface area contributed by atoms with Gasteiger partial charge in [0.15, 0.2) is 5.82 Å². The van der Waals surface area contributed by atoms with Crippen molar-refractivity contribution in [3.05, 3.63) is 24.0 Å². The zero-order valence-corrected chi connectivity index (χ0v) is 6.14. The SMILES string of the molecule is CC(Cl)c1ncc(F)cn1. The summed E-state index contributed by atoms with van der Waals surface area (Å²) < 4.78 is 12.2. The standard InChI is InChI=1S/C6H6ClFN2/c1-4(7)6-9-2-5(8)3-10-6/h2-4H,1H3. The van der Waals surface area contributed by atoms with Gasteiger partial charge in [-0.05, 0) is 6.92 Å². The van der Waals surface area contributed by atoms with Gasteiger partial charge in [-0.15, -0.1) is 11.6 Å². The lowest BCUT2D eigenvalue weighted by molar-refractivity contribution is 0.608. The highest BCUT2D eigenvalue weighted by Gasteiger charge is 2.02. The quantitative estimate of drug-likeness (QED) is 0.587. The summed E-state index contributed by atoms with van der Waals surface area (Å²) >= 11 is 5.61. The van der Waals surface area contributed by atoms with Crippen molar-refractivity contribution in [1.82, 2.24) is 9.97 Å². The number of aromatic nitrogens is 2. The zero-order chi connectivity index (χ0) is 7.56. The van der Waals surface area contributed by atoms with E-state index in [0.717, 1.165) is 12.4 Å². The fourth-order valence-electron chi connectivity index (χ4n) is 0.528. The van der Waals surface area contributed by atoms with Gasteiger partial charge in [0.1, 0.15) is 5.82 Å². The maximum Gasteiger partial charge on any atom is 0.159 e. The molecule has 0 radical (unpaired) electrons. The number of nitrogens with zero attached hydrogens (tertiary/aromatic N) is 2. The van der Waals surface area contributed by atoms with Gasteiger partial charge in [0.25, 0.3) is 0 Å². The number of hydrogen-bond donors (Lipinski definition) is 0. The van der Waals surface area contributed by atoms with E-state index < -0.39 is 5.82 Å². The van der Waals surface area contributed by atoms with Crippen LogP contribution in [-0.2, 0) is 0 Å². The zero-order valence-electron chi connectivity index (χ0n) is 5.38. The molecule has 0 aliphatic carbocycles. The van der Waals surface area contributed by atoms with Crippen molar-refractivity contribution >= 4 is 11.6 Å². The molecule has 0 saturated heterocycles. The first-order chi connectivity index (χ1) is 4.70. The normalized spacial score (nSPS) is 13.1. The van der Waals surface area contributed by atoms with Crippen LogP contribution in [0.4, 0.5) is 4.39 Å². The molecule has 4 heteroatoms. The number of hydrogen-bond acceptors (Lipinski definition) is 2. The molecule has 1 aromatic rings. The summed E-state index contributed by atoms with van der Waals surface area (Å²) in [5, 5.41) is -0.263. The maximum absolute atomic E-state index is 12.2. The van der Waals surface area contributed by atoms with Gasteiger partial charge < -0.3 is 0 Å². The summed E-state index contributed by atoms with van der Waals surface area (Å²) in [7, 11) is 0. The minimum absolute atomic E-state index is 0.263. The van der Waals surface area contributed by atoms with E-state index >= 15 is 0 Å². The Morgan fingerprint density at radius 1 is 1.50 bits per heavy atom. The molecule has 0 aliphatic rings. The Morgan fingerprint density at radius 3 is 2.40 bits per heavy atom. The second kappa shape index (κ2) is 2.92. The van der Waals surface area contributed by atoms with E-state index in [1.165, 1.54) is 0 Å². The van der Waals surface area contributed by atoms with Gasteiger partial charge in [0, 0.05) is 0 Å². The first-order valence-electron chi connectivity index (χ1n) is 2.81. The summed E-state index contributed by atoms with van der Waals surface area (Å²) in [5.74, 6) is 0.00383. The second-order valence-electron chi connectivity index (χ2n) is 1.88. The smallest absolute Gasteiger partial charge is 0.159 e. The number of rotatable bonds is 1. The third-order valence-electron chi connectivity index (χ3n) is 0.996. The van der Waals surface area contributed by atoms with Gasteiger partial charge >= 0.3 is 0 Å². The summed E-state index contributed by atoms with van der Waals surface area (Å²) in [4.78, 5) is 7.32.